The molecule has 0 aromatic rings. The number of amides is 1. The van der Waals surface area contributed by atoms with Crippen LogP contribution in [-0.2, 0) is 4.79 Å². The zero-order valence-electron chi connectivity index (χ0n) is 9.09. The molecule has 14 heavy (non-hydrogen) atoms. The molecule has 1 rings (SSSR count). The van der Waals surface area contributed by atoms with Gasteiger partial charge >= 0.3 is 0 Å². The van der Waals surface area contributed by atoms with Crippen LogP contribution >= 0.6 is 0 Å². The van der Waals surface area contributed by atoms with Gasteiger partial charge in [-0.25, -0.2) is 0 Å². The third kappa shape index (κ3) is 3.29. The van der Waals surface area contributed by atoms with Gasteiger partial charge in [0.2, 0.25) is 5.91 Å². The normalized spacial score (nSPS) is 22.4. The Kier molecular flexibility index (Phi) is 4.94. The van der Waals surface area contributed by atoms with E-state index in [0.29, 0.717) is 5.92 Å². The van der Waals surface area contributed by atoms with E-state index in [4.69, 9.17) is 5.73 Å². The van der Waals surface area contributed by atoms with Crippen molar-refractivity contribution >= 4 is 5.91 Å². The maximum Gasteiger partial charge on any atom is 0.234 e. The molecule has 3 heteroatoms. The number of carbonyl (C=O) groups is 1. The van der Waals surface area contributed by atoms with E-state index in [0.717, 1.165) is 12.8 Å². The summed E-state index contributed by atoms with van der Waals surface area (Å²) in [7, 11) is 1.83. The van der Waals surface area contributed by atoms with E-state index in [9.17, 15) is 4.79 Å². The summed E-state index contributed by atoms with van der Waals surface area (Å²) in [5.41, 5.74) is 5.37. The zero-order chi connectivity index (χ0) is 10.4. The van der Waals surface area contributed by atoms with Gasteiger partial charge in [-0.05, 0) is 25.8 Å². The molecule has 1 aliphatic rings. The summed E-state index contributed by atoms with van der Waals surface area (Å²) in [5, 5.41) is 3.04. The van der Waals surface area contributed by atoms with Crippen LogP contribution in [0.25, 0.3) is 0 Å². The Morgan fingerprint density at radius 2 is 1.71 bits per heavy atom. The van der Waals surface area contributed by atoms with Crippen LogP contribution < -0.4 is 11.1 Å². The molecule has 1 unspecified atom stereocenters. The quantitative estimate of drug-likeness (QED) is 0.720. The van der Waals surface area contributed by atoms with Crippen molar-refractivity contribution in [1.29, 1.82) is 0 Å². The van der Waals surface area contributed by atoms with Gasteiger partial charge in [0, 0.05) is 0 Å². The molecule has 3 nitrogen and oxygen atoms in total. The number of hydrogen-bond donors (Lipinski definition) is 2. The predicted molar refractivity (Wildman–Crippen MR) is 57.9 cm³/mol. The highest BCUT2D eigenvalue weighted by molar-refractivity contribution is 5.80. The number of nitrogens with two attached hydrogens (primary N) is 1. The van der Waals surface area contributed by atoms with Gasteiger partial charge < -0.3 is 11.1 Å². The summed E-state index contributed by atoms with van der Waals surface area (Å²) < 4.78 is 0. The summed E-state index contributed by atoms with van der Waals surface area (Å²) in [6.45, 7) is 0. The van der Waals surface area contributed by atoms with Gasteiger partial charge in [-0.1, -0.05) is 32.1 Å². The lowest BCUT2D eigenvalue weighted by Gasteiger charge is -2.26. The van der Waals surface area contributed by atoms with Crippen LogP contribution in [0.15, 0.2) is 0 Å². The zero-order valence-corrected chi connectivity index (χ0v) is 9.09. The van der Waals surface area contributed by atoms with Crippen LogP contribution in [-0.4, -0.2) is 19.0 Å². The topological polar surface area (TPSA) is 55.1 Å². The van der Waals surface area contributed by atoms with Gasteiger partial charge in [-0.15, -0.1) is 0 Å². The second-order valence-corrected chi connectivity index (χ2v) is 4.27. The fraction of sp³-hybridized carbons (Fsp3) is 0.909. The Bertz CT molecular complexity index is 174. The Morgan fingerprint density at radius 1 is 1.21 bits per heavy atom. The maximum atomic E-state index is 11.2. The first-order valence-electron chi connectivity index (χ1n) is 5.72. The number of likely N-dealkylation sites (N-methyl/N-ethyl adjacent to an activating group) is 1. The predicted octanol–water partition coefficient (Wildman–Crippen LogP) is 1.42. The van der Waals surface area contributed by atoms with Crippen molar-refractivity contribution in [1.82, 2.24) is 5.32 Å². The van der Waals surface area contributed by atoms with Gasteiger partial charge in [0.15, 0.2) is 0 Å². The molecule has 0 saturated heterocycles. The molecule has 0 bridgehead atoms. The van der Waals surface area contributed by atoms with Gasteiger partial charge in [-0.3, -0.25) is 4.79 Å². The van der Waals surface area contributed by atoms with Gasteiger partial charge in [0.05, 0.1) is 6.04 Å². The van der Waals surface area contributed by atoms with Crippen molar-refractivity contribution in [2.75, 3.05) is 7.05 Å². The van der Waals surface area contributed by atoms with Crippen LogP contribution in [0, 0.1) is 5.92 Å². The summed E-state index contributed by atoms with van der Waals surface area (Å²) in [6, 6.07) is -0.118. The van der Waals surface area contributed by atoms with Crippen molar-refractivity contribution in [3.63, 3.8) is 0 Å². The number of nitrogens with one attached hydrogen (secondary N) is 1. The lowest BCUT2D eigenvalue weighted by Crippen LogP contribution is -2.45. The van der Waals surface area contributed by atoms with Crippen molar-refractivity contribution in [2.45, 2.75) is 51.0 Å². The number of primary amides is 1. The SMILES string of the molecule is CNC(C(N)=O)C1CCCCCCC1. The highest BCUT2D eigenvalue weighted by Crippen LogP contribution is 2.24. The molecule has 0 aliphatic heterocycles. The Balaban J connectivity index is 2.48. The minimum atomic E-state index is -0.196. The molecule has 0 radical (unpaired) electrons. The summed E-state index contributed by atoms with van der Waals surface area (Å²) in [4.78, 5) is 11.2. The standard InChI is InChI=1S/C11H22N2O/c1-13-10(11(12)14)9-7-5-3-2-4-6-8-9/h9-10,13H,2-8H2,1H3,(H2,12,14). The molecule has 0 aromatic heterocycles. The summed E-state index contributed by atoms with van der Waals surface area (Å²) in [5.74, 6) is 0.260. The lowest BCUT2D eigenvalue weighted by atomic mass is 9.85. The van der Waals surface area contributed by atoms with Gasteiger partial charge in [0.1, 0.15) is 0 Å². The van der Waals surface area contributed by atoms with Crippen molar-refractivity contribution < 1.29 is 4.79 Å². The third-order valence-corrected chi connectivity index (χ3v) is 3.24. The van der Waals surface area contributed by atoms with Crippen molar-refractivity contribution in [3.8, 4) is 0 Å². The Labute approximate surface area is 86.4 Å². The fourth-order valence-electron chi connectivity index (χ4n) is 2.43. The van der Waals surface area contributed by atoms with Crippen LogP contribution in [0.4, 0.5) is 0 Å². The average molecular weight is 198 g/mol. The Morgan fingerprint density at radius 3 is 2.14 bits per heavy atom. The maximum absolute atomic E-state index is 11.2. The molecule has 0 spiro atoms. The van der Waals surface area contributed by atoms with E-state index in [2.05, 4.69) is 5.32 Å². The average Bonchev–Trinajstić information content (AvgIpc) is 2.08. The minimum absolute atomic E-state index is 0.118. The largest absolute Gasteiger partial charge is 0.368 e. The smallest absolute Gasteiger partial charge is 0.234 e. The Hall–Kier alpha value is -0.570. The number of carbonyl (C=O) groups excluding carboxylic acids is 1. The number of hydrogen-bond acceptors (Lipinski definition) is 2. The molecular formula is C11H22N2O. The van der Waals surface area contributed by atoms with E-state index in [1.54, 1.807) is 0 Å². The van der Waals surface area contributed by atoms with Crippen LogP contribution in [0.3, 0.4) is 0 Å². The second-order valence-electron chi connectivity index (χ2n) is 4.27. The summed E-state index contributed by atoms with van der Waals surface area (Å²) >= 11 is 0. The van der Waals surface area contributed by atoms with E-state index < -0.39 is 0 Å². The van der Waals surface area contributed by atoms with Crippen LogP contribution in [0.2, 0.25) is 0 Å². The third-order valence-electron chi connectivity index (χ3n) is 3.24. The first-order valence-corrected chi connectivity index (χ1v) is 5.72. The molecule has 0 heterocycles. The minimum Gasteiger partial charge on any atom is -0.368 e. The van der Waals surface area contributed by atoms with Crippen LogP contribution in [0.1, 0.15) is 44.9 Å². The van der Waals surface area contributed by atoms with Gasteiger partial charge in [-0.2, -0.15) is 0 Å². The van der Waals surface area contributed by atoms with Gasteiger partial charge in [0.25, 0.3) is 0 Å². The lowest BCUT2D eigenvalue weighted by molar-refractivity contribution is -0.121. The first-order chi connectivity index (χ1) is 6.75. The molecule has 1 amide bonds. The highest BCUT2D eigenvalue weighted by atomic mass is 16.1. The van der Waals surface area contributed by atoms with Crippen molar-refractivity contribution in [3.05, 3.63) is 0 Å². The molecule has 0 aromatic carbocycles. The molecule has 82 valence electrons. The highest BCUT2D eigenvalue weighted by Gasteiger charge is 2.24. The first kappa shape index (κ1) is 11.5. The van der Waals surface area contributed by atoms with E-state index >= 15 is 0 Å². The van der Waals surface area contributed by atoms with E-state index in [1.165, 1.54) is 32.1 Å². The fourth-order valence-corrected chi connectivity index (χ4v) is 2.43. The van der Waals surface area contributed by atoms with Crippen molar-refractivity contribution in [2.24, 2.45) is 11.7 Å². The van der Waals surface area contributed by atoms with E-state index in [1.807, 2.05) is 7.05 Å². The molecule has 1 saturated carbocycles. The molecule has 3 N–H and O–H groups in total. The molecule has 1 aliphatic carbocycles. The molecular weight excluding hydrogens is 176 g/mol. The molecule has 1 fully saturated rings. The number of rotatable bonds is 3. The van der Waals surface area contributed by atoms with Crippen LogP contribution in [0.5, 0.6) is 0 Å². The molecule has 1 atom stereocenters. The second kappa shape index (κ2) is 6.02. The summed E-state index contributed by atoms with van der Waals surface area (Å²) in [6.07, 6.45) is 8.76. The monoisotopic (exact) mass is 198 g/mol. The van der Waals surface area contributed by atoms with E-state index in [-0.39, 0.29) is 11.9 Å².